The first-order valence-electron chi connectivity index (χ1n) is 13.0. The highest BCUT2D eigenvalue weighted by atomic mass is 19.1. The Hall–Kier alpha value is -2.13. The Morgan fingerprint density at radius 2 is 1.97 bits per heavy atom. The number of ether oxygens (including phenoxy) is 2. The van der Waals surface area contributed by atoms with Gasteiger partial charge in [0.1, 0.15) is 29.9 Å². The quantitative estimate of drug-likeness (QED) is 0.617. The summed E-state index contributed by atoms with van der Waals surface area (Å²) in [4.78, 5) is 13.4. The third-order valence-electron chi connectivity index (χ3n) is 7.97. The normalized spacial score (nSPS) is 28.1. The summed E-state index contributed by atoms with van der Waals surface area (Å²) in [6.07, 6.45) is 3.41. The van der Waals surface area contributed by atoms with Crippen molar-refractivity contribution in [3.63, 3.8) is 0 Å². The highest BCUT2D eigenvalue weighted by Crippen LogP contribution is 2.42. The van der Waals surface area contributed by atoms with Gasteiger partial charge in [0.25, 0.3) is 0 Å². The molecule has 4 aliphatic rings. The summed E-state index contributed by atoms with van der Waals surface area (Å²) in [5, 5.41) is 0.442. The van der Waals surface area contributed by atoms with Gasteiger partial charge in [-0.1, -0.05) is 13.8 Å². The number of benzene rings is 1. The standard InChI is InChI=1S/C24H29F3N4O2.C2H6/c1-14-19(26)17-5-4-16-12-32-9-3-8-31(16)22-18(17)21(20(14)27)28-23(29-22)33-13-24-6-2-7-30(24)11-15(25)10-24;1-2/h15-16H,2-13H2,1H3;1-2H3/t15-,16+,24+;/m1./s1. The summed E-state index contributed by atoms with van der Waals surface area (Å²) in [6, 6.07) is 0.0994. The fraction of sp³-hybridized carbons (Fsp3) is 0.692. The zero-order valence-corrected chi connectivity index (χ0v) is 20.9. The van der Waals surface area contributed by atoms with Crippen molar-refractivity contribution in [1.29, 1.82) is 0 Å². The van der Waals surface area contributed by atoms with Crippen LogP contribution in [0.15, 0.2) is 0 Å². The Bertz CT molecular complexity index is 1100. The average Bonchev–Trinajstić information content (AvgIpc) is 3.21. The number of fused-ring (bicyclic) bond motifs is 3. The van der Waals surface area contributed by atoms with Crippen molar-refractivity contribution in [1.82, 2.24) is 14.9 Å². The van der Waals surface area contributed by atoms with Crippen LogP contribution in [0.25, 0.3) is 10.9 Å². The van der Waals surface area contributed by atoms with E-state index >= 15 is 8.78 Å². The van der Waals surface area contributed by atoms with Crippen LogP contribution in [0.3, 0.4) is 0 Å². The van der Waals surface area contributed by atoms with Gasteiger partial charge in [-0.3, -0.25) is 4.90 Å². The topological polar surface area (TPSA) is 50.7 Å². The van der Waals surface area contributed by atoms with Crippen LogP contribution in [0.2, 0.25) is 0 Å². The third-order valence-corrected chi connectivity index (χ3v) is 7.97. The van der Waals surface area contributed by atoms with Crippen LogP contribution < -0.4 is 9.64 Å². The molecule has 0 saturated carbocycles. The first-order valence-corrected chi connectivity index (χ1v) is 13.0. The summed E-state index contributed by atoms with van der Waals surface area (Å²) in [5.74, 6) is -0.668. The fourth-order valence-corrected chi connectivity index (χ4v) is 6.29. The Balaban J connectivity index is 0.00000124. The molecule has 0 N–H and O–H groups in total. The molecule has 4 aliphatic heterocycles. The van der Waals surface area contributed by atoms with Crippen molar-refractivity contribution in [2.45, 2.75) is 77.0 Å². The SMILES string of the molecule is CC.Cc1c(F)c2c3c(nc(OC[C@@]45CCCN4C[C@H](F)C5)nc3c1F)N1CCCOC[C@@H]1CC2. The van der Waals surface area contributed by atoms with Gasteiger partial charge in [0.2, 0.25) is 0 Å². The zero-order valence-electron chi connectivity index (χ0n) is 20.9. The van der Waals surface area contributed by atoms with Crippen molar-refractivity contribution in [2.24, 2.45) is 0 Å². The van der Waals surface area contributed by atoms with Crippen molar-refractivity contribution in [2.75, 3.05) is 44.4 Å². The Morgan fingerprint density at radius 1 is 1.14 bits per heavy atom. The van der Waals surface area contributed by atoms with Crippen LogP contribution in [0.1, 0.15) is 57.1 Å². The minimum atomic E-state index is -0.862. The Kier molecular flexibility index (Phi) is 6.83. The average molecular weight is 493 g/mol. The summed E-state index contributed by atoms with van der Waals surface area (Å²) >= 11 is 0. The smallest absolute Gasteiger partial charge is 0.319 e. The maximum atomic E-state index is 15.3. The van der Waals surface area contributed by atoms with E-state index in [-0.39, 0.29) is 35.3 Å². The lowest BCUT2D eigenvalue weighted by atomic mass is 9.95. The van der Waals surface area contributed by atoms with Gasteiger partial charge < -0.3 is 14.4 Å². The van der Waals surface area contributed by atoms with Gasteiger partial charge in [0.15, 0.2) is 5.82 Å². The lowest BCUT2D eigenvalue weighted by Crippen LogP contribution is -2.43. The first kappa shape index (κ1) is 24.6. The largest absolute Gasteiger partial charge is 0.461 e. The van der Waals surface area contributed by atoms with E-state index in [0.29, 0.717) is 62.3 Å². The molecule has 5 heterocycles. The number of aromatic nitrogens is 2. The van der Waals surface area contributed by atoms with E-state index in [1.807, 2.05) is 13.8 Å². The molecule has 1 aromatic carbocycles. The molecule has 0 bridgehead atoms. The lowest BCUT2D eigenvalue weighted by Gasteiger charge is -2.31. The molecule has 2 aromatic rings. The molecule has 0 unspecified atom stereocenters. The number of aryl methyl sites for hydroxylation is 1. The second-order valence-corrected chi connectivity index (χ2v) is 9.96. The summed E-state index contributed by atoms with van der Waals surface area (Å²) < 4.78 is 56.5. The Labute approximate surface area is 204 Å². The Morgan fingerprint density at radius 3 is 2.80 bits per heavy atom. The molecule has 3 fully saturated rings. The molecule has 6 rings (SSSR count). The molecule has 0 aliphatic carbocycles. The van der Waals surface area contributed by atoms with E-state index in [2.05, 4.69) is 14.8 Å². The number of hydrogen-bond acceptors (Lipinski definition) is 6. The van der Waals surface area contributed by atoms with E-state index in [4.69, 9.17) is 14.5 Å². The van der Waals surface area contributed by atoms with Gasteiger partial charge in [-0.25, -0.2) is 13.2 Å². The number of hydrogen-bond donors (Lipinski definition) is 0. The van der Waals surface area contributed by atoms with Crippen molar-refractivity contribution >= 4 is 16.7 Å². The second kappa shape index (κ2) is 9.73. The fourth-order valence-electron chi connectivity index (χ4n) is 6.29. The van der Waals surface area contributed by atoms with E-state index < -0.39 is 17.8 Å². The molecule has 1 aromatic heterocycles. The highest BCUT2D eigenvalue weighted by Gasteiger charge is 2.49. The molecular formula is C26H35F3N4O2. The molecule has 9 heteroatoms. The van der Waals surface area contributed by atoms with Gasteiger partial charge >= 0.3 is 6.01 Å². The highest BCUT2D eigenvalue weighted by molar-refractivity contribution is 5.94. The van der Waals surface area contributed by atoms with Crippen LogP contribution in [-0.4, -0.2) is 72.1 Å². The van der Waals surface area contributed by atoms with E-state index in [1.165, 1.54) is 6.92 Å². The maximum Gasteiger partial charge on any atom is 0.319 e. The molecular weight excluding hydrogens is 457 g/mol. The van der Waals surface area contributed by atoms with Gasteiger partial charge in [-0.2, -0.15) is 9.97 Å². The van der Waals surface area contributed by atoms with E-state index in [9.17, 15) is 4.39 Å². The van der Waals surface area contributed by atoms with Crippen LogP contribution in [0.4, 0.5) is 19.0 Å². The maximum absolute atomic E-state index is 15.3. The van der Waals surface area contributed by atoms with Crippen LogP contribution >= 0.6 is 0 Å². The first-order chi connectivity index (χ1) is 17.0. The minimum Gasteiger partial charge on any atom is -0.461 e. The van der Waals surface area contributed by atoms with Gasteiger partial charge in [0.05, 0.1) is 23.6 Å². The summed E-state index contributed by atoms with van der Waals surface area (Å²) in [5.41, 5.74) is 0.186. The predicted molar refractivity (Wildman–Crippen MR) is 129 cm³/mol. The van der Waals surface area contributed by atoms with Crippen LogP contribution in [0, 0.1) is 18.6 Å². The van der Waals surface area contributed by atoms with E-state index in [1.54, 1.807) is 0 Å². The third kappa shape index (κ3) is 4.14. The van der Waals surface area contributed by atoms with Crippen molar-refractivity contribution < 1.29 is 22.6 Å². The summed E-state index contributed by atoms with van der Waals surface area (Å²) in [6.45, 7) is 8.86. The molecule has 0 amide bonds. The molecule has 192 valence electrons. The summed E-state index contributed by atoms with van der Waals surface area (Å²) in [7, 11) is 0. The van der Waals surface area contributed by atoms with Crippen molar-refractivity contribution in [3.05, 3.63) is 22.8 Å². The number of nitrogens with zero attached hydrogens (tertiary/aromatic N) is 4. The van der Waals surface area contributed by atoms with E-state index in [0.717, 1.165) is 25.8 Å². The number of alkyl halides is 1. The molecule has 35 heavy (non-hydrogen) atoms. The van der Waals surface area contributed by atoms with Crippen molar-refractivity contribution in [3.8, 4) is 6.01 Å². The second-order valence-electron chi connectivity index (χ2n) is 9.96. The van der Waals surface area contributed by atoms with Crippen LogP contribution in [0.5, 0.6) is 6.01 Å². The predicted octanol–water partition coefficient (Wildman–Crippen LogP) is 4.74. The van der Waals surface area contributed by atoms with Gasteiger partial charge in [0, 0.05) is 37.2 Å². The minimum absolute atomic E-state index is 0.0275. The number of halogens is 3. The van der Waals surface area contributed by atoms with Crippen LogP contribution in [-0.2, 0) is 11.2 Å². The lowest BCUT2D eigenvalue weighted by molar-refractivity contribution is 0.107. The number of anilines is 1. The molecule has 3 saturated heterocycles. The molecule has 3 atom stereocenters. The molecule has 0 spiro atoms. The van der Waals surface area contributed by atoms with Gasteiger partial charge in [-0.05, 0) is 45.6 Å². The molecule has 6 nitrogen and oxygen atoms in total. The molecule has 0 radical (unpaired) electrons. The number of rotatable bonds is 3. The van der Waals surface area contributed by atoms with Gasteiger partial charge in [-0.15, -0.1) is 0 Å². The monoisotopic (exact) mass is 492 g/mol. The zero-order chi connectivity index (χ0) is 24.7.